The van der Waals surface area contributed by atoms with Crippen LogP contribution in [-0.2, 0) is 14.3 Å². The predicted molar refractivity (Wildman–Crippen MR) is 74.8 cm³/mol. The van der Waals surface area contributed by atoms with Crippen molar-refractivity contribution in [1.82, 2.24) is 0 Å². The van der Waals surface area contributed by atoms with Gasteiger partial charge in [-0.15, -0.1) is 0 Å². The van der Waals surface area contributed by atoms with Gasteiger partial charge in [0.15, 0.2) is 11.9 Å². The van der Waals surface area contributed by atoms with Gasteiger partial charge in [-0.1, -0.05) is 11.6 Å². The number of rotatable bonds is 6. The van der Waals surface area contributed by atoms with Crippen LogP contribution < -0.4 is 4.74 Å². The highest BCUT2D eigenvalue weighted by molar-refractivity contribution is 9.10. The number of benzene rings is 1. The number of ether oxygens (including phenoxy) is 3. The van der Waals surface area contributed by atoms with E-state index in [0.717, 1.165) is 0 Å². The molecular formula is C13H13BrClFO4. The number of hydrogen-bond acceptors (Lipinski definition) is 4. The van der Waals surface area contributed by atoms with Crippen molar-refractivity contribution in [3.05, 3.63) is 27.4 Å². The Bertz CT molecular complexity index is 511. The molecule has 2 atom stereocenters. The summed E-state index contributed by atoms with van der Waals surface area (Å²) in [5.41, 5.74) is 0. The minimum Gasteiger partial charge on any atom is -0.485 e. The molecule has 110 valence electrons. The third kappa shape index (κ3) is 3.49. The second-order valence-electron chi connectivity index (χ2n) is 4.31. The Morgan fingerprint density at radius 3 is 2.85 bits per heavy atom. The lowest BCUT2D eigenvalue weighted by atomic mass is 9.90. The van der Waals surface area contributed by atoms with Gasteiger partial charge in [0, 0.05) is 19.6 Å². The standard InChI is InChI=1S/C13H13BrClFO4/c1-18-2-3-19-13-10(17)6-12(13)20-11-5-9(16)8(15)4-7(11)14/h4-5,12-13H,2-3,6H2,1H3. The number of Topliss-reactive ketones (excluding diaryl/α,β-unsaturated/α-hetero) is 1. The maximum absolute atomic E-state index is 13.4. The lowest BCUT2D eigenvalue weighted by molar-refractivity contribution is -0.156. The zero-order valence-electron chi connectivity index (χ0n) is 10.7. The van der Waals surface area contributed by atoms with E-state index in [9.17, 15) is 9.18 Å². The molecule has 0 radical (unpaired) electrons. The zero-order chi connectivity index (χ0) is 14.7. The average Bonchev–Trinajstić information content (AvgIpc) is 2.40. The molecule has 0 bridgehead atoms. The second-order valence-corrected chi connectivity index (χ2v) is 5.57. The third-order valence-electron chi connectivity index (χ3n) is 2.90. The van der Waals surface area contributed by atoms with Crippen LogP contribution >= 0.6 is 27.5 Å². The summed E-state index contributed by atoms with van der Waals surface area (Å²) in [6.07, 6.45) is -0.805. The van der Waals surface area contributed by atoms with Crippen LogP contribution in [0.5, 0.6) is 5.75 Å². The summed E-state index contributed by atoms with van der Waals surface area (Å²) in [6.45, 7) is 0.707. The summed E-state index contributed by atoms with van der Waals surface area (Å²) in [6, 6.07) is 2.59. The number of hydrogen-bond donors (Lipinski definition) is 0. The van der Waals surface area contributed by atoms with Crippen LogP contribution in [0.4, 0.5) is 4.39 Å². The first-order valence-electron chi connectivity index (χ1n) is 5.97. The molecule has 1 aromatic carbocycles. The molecule has 1 fully saturated rings. The van der Waals surface area contributed by atoms with Gasteiger partial charge in [-0.3, -0.25) is 4.79 Å². The normalized spacial score (nSPS) is 21.7. The lowest BCUT2D eigenvalue weighted by Crippen LogP contribution is -2.52. The third-order valence-corrected chi connectivity index (χ3v) is 3.80. The van der Waals surface area contributed by atoms with Crippen LogP contribution in [0.15, 0.2) is 16.6 Å². The minimum atomic E-state index is -0.629. The molecular weight excluding hydrogens is 354 g/mol. The summed E-state index contributed by atoms with van der Waals surface area (Å²) in [7, 11) is 1.55. The smallest absolute Gasteiger partial charge is 0.169 e. The molecule has 2 unspecified atom stereocenters. The molecule has 2 rings (SSSR count). The van der Waals surface area contributed by atoms with E-state index >= 15 is 0 Å². The van der Waals surface area contributed by atoms with E-state index in [4.69, 9.17) is 25.8 Å². The first-order valence-corrected chi connectivity index (χ1v) is 7.14. The number of ketones is 1. The van der Waals surface area contributed by atoms with E-state index in [1.54, 1.807) is 7.11 Å². The van der Waals surface area contributed by atoms with Gasteiger partial charge in [-0.05, 0) is 22.0 Å². The van der Waals surface area contributed by atoms with E-state index in [-0.39, 0.29) is 17.2 Å². The maximum atomic E-state index is 13.4. The van der Waals surface area contributed by atoms with Gasteiger partial charge in [0.25, 0.3) is 0 Å². The van der Waals surface area contributed by atoms with E-state index < -0.39 is 18.0 Å². The van der Waals surface area contributed by atoms with Gasteiger partial charge < -0.3 is 14.2 Å². The fraction of sp³-hybridized carbons (Fsp3) is 0.462. The Kier molecular flexibility index (Phi) is 5.37. The molecule has 1 saturated carbocycles. The second kappa shape index (κ2) is 6.85. The van der Waals surface area contributed by atoms with Crippen LogP contribution in [-0.4, -0.2) is 38.3 Å². The van der Waals surface area contributed by atoms with Crippen LogP contribution in [0.3, 0.4) is 0 Å². The molecule has 0 spiro atoms. The van der Waals surface area contributed by atoms with Crippen molar-refractivity contribution in [1.29, 1.82) is 0 Å². The molecule has 1 aromatic rings. The largest absolute Gasteiger partial charge is 0.485 e. The maximum Gasteiger partial charge on any atom is 0.169 e. The summed E-state index contributed by atoms with van der Waals surface area (Å²) in [5.74, 6) is -0.311. The fourth-order valence-corrected chi connectivity index (χ4v) is 2.52. The molecule has 7 heteroatoms. The van der Waals surface area contributed by atoms with Crippen LogP contribution in [0.1, 0.15) is 6.42 Å². The highest BCUT2D eigenvalue weighted by Gasteiger charge is 2.43. The number of methoxy groups -OCH3 is 1. The summed E-state index contributed by atoms with van der Waals surface area (Å²) in [4.78, 5) is 11.5. The summed E-state index contributed by atoms with van der Waals surface area (Å²) < 4.78 is 29.8. The molecule has 0 amide bonds. The lowest BCUT2D eigenvalue weighted by Gasteiger charge is -2.34. The Morgan fingerprint density at radius 2 is 2.20 bits per heavy atom. The average molecular weight is 368 g/mol. The summed E-state index contributed by atoms with van der Waals surface area (Å²) in [5, 5.41) is 0.00167. The van der Waals surface area contributed by atoms with Crippen molar-refractivity contribution in [2.45, 2.75) is 18.6 Å². The Morgan fingerprint density at radius 1 is 1.45 bits per heavy atom. The van der Waals surface area contributed by atoms with E-state index in [0.29, 0.717) is 23.4 Å². The molecule has 0 heterocycles. The Hall–Kier alpha value is -0.690. The molecule has 20 heavy (non-hydrogen) atoms. The van der Waals surface area contributed by atoms with Gasteiger partial charge >= 0.3 is 0 Å². The number of halogens is 3. The van der Waals surface area contributed by atoms with Crippen molar-refractivity contribution >= 4 is 33.3 Å². The quantitative estimate of drug-likeness (QED) is 0.573. The number of carbonyl (C=O) groups is 1. The zero-order valence-corrected chi connectivity index (χ0v) is 13.0. The first-order chi connectivity index (χ1) is 9.52. The SMILES string of the molecule is COCCOC1C(=O)CC1Oc1cc(F)c(Cl)cc1Br. The van der Waals surface area contributed by atoms with Crippen molar-refractivity contribution in [2.75, 3.05) is 20.3 Å². The van der Waals surface area contributed by atoms with Crippen molar-refractivity contribution < 1.29 is 23.4 Å². The van der Waals surface area contributed by atoms with Crippen LogP contribution in [0.25, 0.3) is 0 Å². The molecule has 0 saturated heterocycles. The van der Waals surface area contributed by atoms with Gasteiger partial charge in [0.2, 0.25) is 0 Å². The van der Waals surface area contributed by atoms with Gasteiger partial charge in [-0.2, -0.15) is 0 Å². The van der Waals surface area contributed by atoms with Crippen molar-refractivity contribution in [2.24, 2.45) is 0 Å². The van der Waals surface area contributed by atoms with E-state index in [1.165, 1.54) is 12.1 Å². The van der Waals surface area contributed by atoms with Crippen LogP contribution in [0.2, 0.25) is 5.02 Å². The highest BCUT2D eigenvalue weighted by Crippen LogP contribution is 2.34. The van der Waals surface area contributed by atoms with Crippen molar-refractivity contribution in [3.63, 3.8) is 0 Å². The van der Waals surface area contributed by atoms with Gasteiger partial charge in [-0.25, -0.2) is 4.39 Å². The van der Waals surface area contributed by atoms with E-state index in [2.05, 4.69) is 15.9 Å². The van der Waals surface area contributed by atoms with E-state index in [1.807, 2.05) is 0 Å². The molecule has 1 aliphatic rings. The highest BCUT2D eigenvalue weighted by atomic mass is 79.9. The topological polar surface area (TPSA) is 44.8 Å². The predicted octanol–water partition coefficient (Wildman–Crippen LogP) is 2.99. The molecule has 0 aromatic heterocycles. The molecule has 0 N–H and O–H groups in total. The fourth-order valence-electron chi connectivity index (χ4n) is 1.79. The Labute approximate surface area is 129 Å². The Balaban J connectivity index is 1.99. The first kappa shape index (κ1) is 15.7. The van der Waals surface area contributed by atoms with Gasteiger partial charge in [0.05, 0.1) is 22.7 Å². The molecule has 4 nitrogen and oxygen atoms in total. The summed E-state index contributed by atoms with van der Waals surface area (Å²) >= 11 is 8.89. The molecule has 0 aliphatic heterocycles. The molecule has 1 aliphatic carbocycles. The minimum absolute atomic E-state index is 0.00167. The van der Waals surface area contributed by atoms with Gasteiger partial charge in [0.1, 0.15) is 17.7 Å². The number of carbonyl (C=O) groups excluding carboxylic acids is 1. The van der Waals surface area contributed by atoms with Crippen LogP contribution in [0, 0.1) is 5.82 Å². The monoisotopic (exact) mass is 366 g/mol. The van der Waals surface area contributed by atoms with Crippen molar-refractivity contribution in [3.8, 4) is 5.75 Å².